The number of aliphatic imine (C=N–C) groups is 1. The summed E-state index contributed by atoms with van der Waals surface area (Å²) in [5.41, 5.74) is 1.50. The number of nitrogens with zero attached hydrogens (tertiary/aromatic N) is 2. The average molecular weight is 390 g/mol. The van der Waals surface area contributed by atoms with Gasteiger partial charge in [0.25, 0.3) is 0 Å². The number of hydrogen-bond acceptors (Lipinski definition) is 3. The number of nitrogens with one attached hydrogen (secondary N) is 1. The van der Waals surface area contributed by atoms with Crippen molar-refractivity contribution in [2.45, 2.75) is 43.3 Å². The van der Waals surface area contributed by atoms with Gasteiger partial charge < -0.3 is 15.0 Å². The Balaban J connectivity index is 1.61. The van der Waals surface area contributed by atoms with E-state index in [9.17, 15) is 0 Å². The van der Waals surface area contributed by atoms with Crippen molar-refractivity contribution < 1.29 is 4.74 Å². The molecule has 0 bridgehead atoms. The molecule has 2 atom stereocenters. The summed E-state index contributed by atoms with van der Waals surface area (Å²) in [7, 11) is 1.92. The molecule has 2 aliphatic heterocycles. The summed E-state index contributed by atoms with van der Waals surface area (Å²) < 4.78 is 5.86. The molecule has 27 heavy (non-hydrogen) atoms. The van der Waals surface area contributed by atoms with Gasteiger partial charge in [0.1, 0.15) is 0 Å². The van der Waals surface area contributed by atoms with Crippen molar-refractivity contribution >= 4 is 17.7 Å². The molecule has 0 aliphatic carbocycles. The number of piperidine rings is 1. The second-order valence-corrected chi connectivity index (χ2v) is 9.09. The van der Waals surface area contributed by atoms with E-state index in [0.717, 1.165) is 51.6 Å². The van der Waals surface area contributed by atoms with E-state index < -0.39 is 0 Å². The van der Waals surface area contributed by atoms with E-state index in [0.29, 0.717) is 11.8 Å². The molecule has 2 unspecified atom stereocenters. The van der Waals surface area contributed by atoms with Crippen LogP contribution in [0.5, 0.6) is 0 Å². The Morgan fingerprint density at radius 1 is 1.30 bits per heavy atom. The van der Waals surface area contributed by atoms with Gasteiger partial charge in [-0.1, -0.05) is 43.7 Å². The molecule has 3 rings (SSSR count). The van der Waals surface area contributed by atoms with Gasteiger partial charge in [0.05, 0.1) is 0 Å². The van der Waals surface area contributed by atoms with Gasteiger partial charge in [0.2, 0.25) is 0 Å². The first-order chi connectivity index (χ1) is 13.2. The number of likely N-dealkylation sites (tertiary alicyclic amines) is 1. The highest BCUT2D eigenvalue weighted by Crippen LogP contribution is 2.35. The zero-order valence-corrected chi connectivity index (χ0v) is 17.9. The van der Waals surface area contributed by atoms with E-state index in [2.05, 4.69) is 58.7 Å². The Kier molecular flexibility index (Phi) is 7.48. The Bertz CT molecular complexity index is 601. The summed E-state index contributed by atoms with van der Waals surface area (Å²) in [5.74, 6) is 2.41. The molecule has 150 valence electrons. The highest BCUT2D eigenvalue weighted by atomic mass is 32.2. The number of ether oxygens (including phenoxy) is 1. The molecule has 0 saturated carbocycles. The van der Waals surface area contributed by atoms with Crippen LogP contribution in [0.15, 0.2) is 35.3 Å². The van der Waals surface area contributed by atoms with Crippen molar-refractivity contribution in [1.82, 2.24) is 10.2 Å². The van der Waals surface area contributed by atoms with Gasteiger partial charge in [-0.15, -0.1) is 0 Å². The van der Waals surface area contributed by atoms with Gasteiger partial charge >= 0.3 is 0 Å². The van der Waals surface area contributed by atoms with E-state index in [-0.39, 0.29) is 4.75 Å². The summed E-state index contributed by atoms with van der Waals surface area (Å²) in [5, 5.41) is 3.70. The van der Waals surface area contributed by atoms with Crippen LogP contribution in [-0.4, -0.2) is 61.8 Å². The minimum Gasteiger partial charge on any atom is -0.381 e. The predicted molar refractivity (Wildman–Crippen MR) is 117 cm³/mol. The fraction of sp³-hybridized carbons (Fsp3) is 0.682. The number of benzene rings is 1. The maximum absolute atomic E-state index is 5.58. The first kappa shape index (κ1) is 20.5. The quantitative estimate of drug-likeness (QED) is 0.610. The van der Waals surface area contributed by atoms with Crippen LogP contribution >= 0.6 is 11.8 Å². The van der Waals surface area contributed by atoms with Crippen LogP contribution < -0.4 is 5.32 Å². The second kappa shape index (κ2) is 9.83. The molecule has 2 fully saturated rings. The number of rotatable bonds is 5. The Morgan fingerprint density at radius 3 is 2.67 bits per heavy atom. The number of thioether (sulfide) groups is 1. The van der Waals surface area contributed by atoms with Gasteiger partial charge in [-0.2, -0.15) is 11.8 Å². The van der Waals surface area contributed by atoms with Gasteiger partial charge in [-0.05, 0) is 42.9 Å². The van der Waals surface area contributed by atoms with Gasteiger partial charge in [0, 0.05) is 44.6 Å². The van der Waals surface area contributed by atoms with E-state index in [1.807, 2.05) is 18.8 Å². The molecule has 1 aromatic rings. The maximum atomic E-state index is 5.58. The fourth-order valence-electron chi connectivity index (χ4n) is 4.55. The standard InChI is InChI=1S/C22H35N3OS/c1-4-18-16-25(13-10-20(18)19-8-6-5-7-9-19)21(23-2)24-17-22(27-3)11-14-26-15-12-22/h5-9,18,20H,4,10-17H2,1-3H3,(H,23,24). The third kappa shape index (κ3) is 5.00. The van der Waals surface area contributed by atoms with Crippen molar-refractivity contribution in [2.75, 3.05) is 46.2 Å². The minimum absolute atomic E-state index is 0.278. The summed E-state index contributed by atoms with van der Waals surface area (Å²) in [6.45, 7) is 7.21. The highest BCUT2D eigenvalue weighted by molar-refractivity contribution is 8.00. The van der Waals surface area contributed by atoms with Crippen LogP contribution in [0.2, 0.25) is 0 Å². The SMILES string of the molecule is CCC1CN(C(=NC)NCC2(SC)CCOCC2)CCC1c1ccccc1. The van der Waals surface area contributed by atoms with Gasteiger partial charge in [-0.25, -0.2) is 0 Å². The fourth-order valence-corrected chi connectivity index (χ4v) is 5.34. The molecule has 4 nitrogen and oxygen atoms in total. The van der Waals surface area contributed by atoms with Crippen LogP contribution in [0.3, 0.4) is 0 Å². The van der Waals surface area contributed by atoms with Crippen LogP contribution in [0.1, 0.15) is 44.1 Å². The van der Waals surface area contributed by atoms with Crippen molar-refractivity contribution in [3.63, 3.8) is 0 Å². The third-order valence-corrected chi connectivity index (χ3v) is 7.82. The minimum atomic E-state index is 0.278. The van der Waals surface area contributed by atoms with Gasteiger partial charge in [0.15, 0.2) is 5.96 Å². The zero-order chi connectivity index (χ0) is 19.1. The molecule has 1 N–H and O–H groups in total. The Labute approximate surface area is 169 Å². The molecular formula is C22H35N3OS. The lowest BCUT2D eigenvalue weighted by Gasteiger charge is -2.41. The molecule has 2 aliphatic rings. The molecular weight excluding hydrogens is 354 g/mol. The van der Waals surface area contributed by atoms with Crippen LogP contribution in [0.4, 0.5) is 0 Å². The van der Waals surface area contributed by atoms with Crippen molar-refractivity contribution in [3.05, 3.63) is 35.9 Å². The van der Waals surface area contributed by atoms with E-state index >= 15 is 0 Å². The first-order valence-corrected chi connectivity index (χ1v) is 11.6. The monoisotopic (exact) mass is 389 g/mol. The maximum Gasteiger partial charge on any atom is 0.193 e. The Morgan fingerprint density at radius 2 is 2.04 bits per heavy atom. The number of guanidine groups is 1. The van der Waals surface area contributed by atoms with Crippen LogP contribution in [0, 0.1) is 5.92 Å². The average Bonchev–Trinajstić information content (AvgIpc) is 2.75. The lowest BCUT2D eigenvalue weighted by molar-refractivity contribution is 0.0780. The van der Waals surface area contributed by atoms with Gasteiger partial charge in [-0.3, -0.25) is 4.99 Å². The zero-order valence-electron chi connectivity index (χ0n) is 17.1. The Hall–Kier alpha value is -1.20. The summed E-state index contributed by atoms with van der Waals surface area (Å²) in [6.07, 6.45) is 6.87. The summed E-state index contributed by atoms with van der Waals surface area (Å²) >= 11 is 1.98. The van der Waals surface area contributed by atoms with E-state index in [1.54, 1.807) is 0 Å². The van der Waals surface area contributed by atoms with E-state index in [1.165, 1.54) is 18.4 Å². The van der Waals surface area contributed by atoms with Crippen molar-refractivity contribution in [1.29, 1.82) is 0 Å². The molecule has 0 radical (unpaired) electrons. The van der Waals surface area contributed by atoms with E-state index in [4.69, 9.17) is 4.74 Å². The lowest BCUT2D eigenvalue weighted by atomic mass is 9.79. The molecule has 1 aromatic carbocycles. The molecule has 0 spiro atoms. The third-order valence-electron chi connectivity index (χ3n) is 6.40. The predicted octanol–water partition coefficient (Wildman–Crippen LogP) is 3.99. The van der Waals surface area contributed by atoms with Crippen LogP contribution in [0.25, 0.3) is 0 Å². The molecule has 0 aromatic heterocycles. The van der Waals surface area contributed by atoms with Crippen molar-refractivity contribution in [3.8, 4) is 0 Å². The van der Waals surface area contributed by atoms with Crippen LogP contribution in [-0.2, 0) is 4.74 Å². The molecule has 0 amide bonds. The summed E-state index contributed by atoms with van der Waals surface area (Å²) in [6, 6.07) is 11.0. The second-order valence-electron chi connectivity index (χ2n) is 7.82. The first-order valence-electron chi connectivity index (χ1n) is 10.3. The highest BCUT2D eigenvalue weighted by Gasteiger charge is 2.34. The molecule has 2 heterocycles. The lowest BCUT2D eigenvalue weighted by Crippen LogP contribution is -2.52. The normalized spacial score (nSPS) is 26.0. The topological polar surface area (TPSA) is 36.9 Å². The summed E-state index contributed by atoms with van der Waals surface area (Å²) in [4.78, 5) is 7.09. The largest absolute Gasteiger partial charge is 0.381 e. The number of hydrogen-bond donors (Lipinski definition) is 1. The van der Waals surface area contributed by atoms with Crippen molar-refractivity contribution in [2.24, 2.45) is 10.9 Å². The molecule has 2 saturated heterocycles. The molecule has 5 heteroatoms. The smallest absolute Gasteiger partial charge is 0.193 e.